The maximum Gasteiger partial charge on any atom is 0.271 e. The number of rotatable bonds is 4. The number of benzene rings is 3. The number of methoxy groups -OCH3 is 2. The number of aromatic nitrogens is 1. The fourth-order valence-electron chi connectivity index (χ4n) is 5.12. The Bertz CT molecular complexity index is 1650. The number of aryl methyl sites for hydroxylation is 1. The second-order valence-electron chi connectivity index (χ2n) is 8.61. The third kappa shape index (κ3) is 3.53. The van der Waals surface area contributed by atoms with E-state index in [-0.39, 0.29) is 11.6 Å². The van der Waals surface area contributed by atoms with Crippen LogP contribution in [0.25, 0.3) is 11.8 Å². The van der Waals surface area contributed by atoms with E-state index in [1.807, 2.05) is 47.0 Å². The van der Waals surface area contributed by atoms with Gasteiger partial charge in [-0.25, -0.2) is 4.99 Å². The van der Waals surface area contributed by atoms with Crippen LogP contribution < -0.4 is 24.4 Å². The Kier molecular flexibility index (Phi) is 5.38. The lowest BCUT2D eigenvalue weighted by atomic mass is 9.83. The Morgan fingerprint density at radius 1 is 0.943 bits per heavy atom. The quantitative estimate of drug-likeness (QED) is 0.437. The monoisotopic (exact) mass is 480 g/mol. The van der Waals surface area contributed by atoms with E-state index >= 15 is 0 Å². The highest BCUT2D eigenvalue weighted by atomic mass is 32.1. The molecule has 35 heavy (non-hydrogen) atoms. The molecule has 4 aromatic rings. The molecule has 1 aliphatic heterocycles. The molecule has 1 aromatic heterocycles. The van der Waals surface area contributed by atoms with Gasteiger partial charge in [-0.05, 0) is 41.7 Å². The number of para-hydroxylation sites is 1. The minimum atomic E-state index is -0.176. The summed E-state index contributed by atoms with van der Waals surface area (Å²) in [4.78, 5) is 19.6. The summed E-state index contributed by atoms with van der Waals surface area (Å²) in [5.41, 5.74) is 6.53. The van der Waals surface area contributed by atoms with Gasteiger partial charge in [0.1, 0.15) is 0 Å². The third-order valence-electron chi connectivity index (χ3n) is 6.71. The van der Waals surface area contributed by atoms with Crippen LogP contribution in [0.3, 0.4) is 0 Å². The zero-order valence-corrected chi connectivity index (χ0v) is 20.3. The number of ether oxygens (including phenoxy) is 2. The first-order chi connectivity index (χ1) is 17.2. The van der Waals surface area contributed by atoms with Crippen LogP contribution in [-0.4, -0.2) is 18.8 Å². The molecule has 0 saturated carbocycles. The molecule has 2 aliphatic rings. The van der Waals surface area contributed by atoms with Gasteiger partial charge in [0.05, 0.1) is 30.5 Å². The smallest absolute Gasteiger partial charge is 0.271 e. The van der Waals surface area contributed by atoms with Crippen LogP contribution in [0.1, 0.15) is 34.7 Å². The van der Waals surface area contributed by atoms with Crippen molar-refractivity contribution in [2.45, 2.75) is 18.9 Å². The van der Waals surface area contributed by atoms with E-state index in [9.17, 15) is 4.79 Å². The number of thiazole rings is 1. The summed E-state index contributed by atoms with van der Waals surface area (Å²) in [6.45, 7) is 0. The number of hydrogen-bond donors (Lipinski definition) is 0. The van der Waals surface area contributed by atoms with Gasteiger partial charge in [0.2, 0.25) is 0 Å². The van der Waals surface area contributed by atoms with Gasteiger partial charge in [-0.1, -0.05) is 78.1 Å². The molecule has 0 spiro atoms. The van der Waals surface area contributed by atoms with E-state index in [1.54, 1.807) is 14.2 Å². The predicted octanol–water partition coefficient (Wildman–Crippen LogP) is 4.34. The summed E-state index contributed by atoms with van der Waals surface area (Å²) >= 11 is 1.42. The highest BCUT2D eigenvalue weighted by molar-refractivity contribution is 7.07. The van der Waals surface area contributed by atoms with Crippen molar-refractivity contribution >= 4 is 23.1 Å². The third-order valence-corrected chi connectivity index (χ3v) is 7.69. The second-order valence-corrected chi connectivity index (χ2v) is 9.62. The lowest BCUT2D eigenvalue weighted by Crippen LogP contribution is -2.38. The van der Waals surface area contributed by atoms with E-state index in [2.05, 4.69) is 36.4 Å². The molecular formula is C29H24N2O3S. The summed E-state index contributed by atoms with van der Waals surface area (Å²) in [5.74, 6) is 1.23. The number of allylic oxidation sites excluding steroid dienone is 1. The molecule has 0 amide bonds. The lowest BCUT2D eigenvalue weighted by Gasteiger charge is -2.30. The van der Waals surface area contributed by atoms with Crippen LogP contribution in [0.4, 0.5) is 0 Å². The summed E-state index contributed by atoms with van der Waals surface area (Å²) in [7, 11) is 3.22. The Morgan fingerprint density at radius 3 is 2.54 bits per heavy atom. The molecular weight excluding hydrogens is 456 g/mol. The van der Waals surface area contributed by atoms with Crippen LogP contribution in [0.5, 0.6) is 11.5 Å². The maximum atomic E-state index is 13.9. The van der Waals surface area contributed by atoms with Crippen LogP contribution in [0, 0.1) is 0 Å². The SMILES string of the molecule is COc1cccc(/C=c2\sc3n(c2=O)C(c2ccccc2)C2=C(N=3)c3ccccc3CC2)c1OC. The minimum absolute atomic E-state index is 0.0436. The van der Waals surface area contributed by atoms with Gasteiger partial charge < -0.3 is 9.47 Å². The topological polar surface area (TPSA) is 52.8 Å². The first-order valence-electron chi connectivity index (χ1n) is 11.6. The molecule has 2 heterocycles. The average Bonchev–Trinajstić information content (AvgIpc) is 3.22. The Morgan fingerprint density at radius 2 is 1.74 bits per heavy atom. The van der Waals surface area contributed by atoms with E-state index in [1.165, 1.54) is 28.0 Å². The van der Waals surface area contributed by atoms with Crippen molar-refractivity contribution in [1.82, 2.24) is 4.57 Å². The van der Waals surface area contributed by atoms with E-state index in [4.69, 9.17) is 14.5 Å². The fourth-order valence-corrected chi connectivity index (χ4v) is 6.12. The summed E-state index contributed by atoms with van der Waals surface area (Å²) in [5, 5.41) is 0. The van der Waals surface area contributed by atoms with Crippen molar-refractivity contribution in [2.24, 2.45) is 4.99 Å². The zero-order chi connectivity index (χ0) is 23.9. The molecule has 0 radical (unpaired) electrons. The molecule has 6 heteroatoms. The standard InChI is InChI=1S/C29H24N2O3S/c1-33-23-14-8-12-20(27(23)34-2)17-24-28(32)31-26(19-10-4-3-5-11-19)22-16-15-18-9-6-7-13-21(18)25(22)30-29(31)35-24/h3-14,17,26H,15-16H2,1-2H3/b24-17-. The van der Waals surface area contributed by atoms with Crippen LogP contribution >= 0.6 is 11.3 Å². The van der Waals surface area contributed by atoms with E-state index in [0.29, 0.717) is 20.8 Å². The zero-order valence-electron chi connectivity index (χ0n) is 19.5. The Labute approximate surface area is 206 Å². The lowest BCUT2D eigenvalue weighted by molar-refractivity contribution is 0.354. The van der Waals surface area contributed by atoms with E-state index < -0.39 is 0 Å². The van der Waals surface area contributed by atoms with Gasteiger partial charge in [-0.3, -0.25) is 9.36 Å². The highest BCUT2D eigenvalue weighted by Gasteiger charge is 2.32. The molecule has 0 fully saturated rings. The van der Waals surface area contributed by atoms with Gasteiger partial charge in [-0.2, -0.15) is 0 Å². The van der Waals surface area contributed by atoms with Crippen molar-refractivity contribution in [3.05, 3.63) is 120 Å². The molecule has 174 valence electrons. The highest BCUT2D eigenvalue weighted by Crippen LogP contribution is 2.41. The summed E-state index contributed by atoms with van der Waals surface area (Å²) < 4.78 is 13.5. The number of nitrogens with zero attached hydrogens (tertiary/aromatic N) is 2. The normalized spacial score (nSPS) is 16.7. The number of hydrogen-bond acceptors (Lipinski definition) is 5. The first-order valence-corrected chi connectivity index (χ1v) is 12.4. The summed E-state index contributed by atoms with van der Waals surface area (Å²) in [6, 6.07) is 24.2. The second kappa shape index (κ2) is 8.71. The van der Waals surface area contributed by atoms with Crippen molar-refractivity contribution in [3.63, 3.8) is 0 Å². The molecule has 1 aliphatic carbocycles. The van der Waals surface area contributed by atoms with Gasteiger partial charge in [-0.15, -0.1) is 0 Å². The fraction of sp³-hybridized carbons (Fsp3) is 0.172. The average molecular weight is 481 g/mol. The molecule has 0 bridgehead atoms. The molecule has 0 saturated heterocycles. The van der Waals surface area contributed by atoms with Crippen molar-refractivity contribution in [1.29, 1.82) is 0 Å². The Balaban J connectivity index is 1.62. The summed E-state index contributed by atoms with van der Waals surface area (Å²) in [6.07, 6.45) is 3.70. The van der Waals surface area contributed by atoms with Crippen LogP contribution in [-0.2, 0) is 6.42 Å². The maximum absolute atomic E-state index is 13.9. The largest absolute Gasteiger partial charge is 0.493 e. The van der Waals surface area contributed by atoms with Crippen LogP contribution in [0.2, 0.25) is 0 Å². The molecule has 6 rings (SSSR count). The van der Waals surface area contributed by atoms with Crippen molar-refractivity contribution in [2.75, 3.05) is 14.2 Å². The number of fused-ring (bicyclic) bond motifs is 3. The molecule has 1 unspecified atom stereocenters. The first kappa shape index (κ1) is 21.6. The minimum Gasteiger partial charge on any atom is -0.493 e. The predicted molar refractivity (Wildman–Crippen MR) is 139 cm³/mol. The van der Waals surface area contributed by atoms with Crippen molar-refractivity contribution in [3.8, 4) is 11.5 Å². The molecule has 0 N–H and O–H groups in total. The van der Waals surface area contributed by atoms with Crippen molar-refractivity contribution < 1.29 is 9.47 Å². The van der Waals surface area contributed by atoms with Gasteiger partial charge in [0.25, 0.3) is 5.56 Å². The molecule has 5 nitrogen and oxygen atoms in total. The van der Waals surface area contributed by atoms with Gasteiger partial charge >= 0.3 is 0 Å². The molecule has 3 aromatic carbocycles. The van der Waals surface area contributed by atoms with Crippen LogP contribution in [0.15, 0.2) is 88.2 Å². The molecule has 1 atom stereocenters. The van der Waals surface area contributed by atoms with E-state index in [0.717, 1.165) is 29.7 Å². The van der Waals surface area contributed by atoms with Gasteiger partial charge in [0, 0.05) is 11.1 Å². The van der Waals surface area contributed by atoms with Gasteiger partial charge in [0.15, 0.2) is 16.3 Å². The Hall–Kier alpha value is -3.90.